The number of rotatable bonds is 5. The fourth-order valence-corrected chi connectivity index (χ4v) is 3.96. The molecule has 0 aliphatic carbocycles. The minimum Gasteiger partial charge on any atom is -0.350 e. The van der Waals surface area contributed by atoms with Gasteiger partial charge in [-0.15, -0.1) is 11.8 Å². The summed E-state index contributed by atoms with van der Waals surface area (Å²) in [5.41, 5.74) is 1.70. The zero-order chi connectivity index (χ0) is 17.8. The standard InChI is InChI=1S/C18H18FN3O2S/c1-12(17(24)21-10-13-3-2-8-20-9-13)22-16(23)11-25-18(22)14-4-6-15(19)7-5-14/h2-9,12,18H,10-11H2,1H3,(H,21,24). The second kappa shape index (κ2) is 7.65. The van der Waals surface area contributed by atoms with Crippen LogP contribution in [0.5, 0.6) is 0 Å². The Kier molecular flexibility index (Phi) is 5.33. The quantitative estimate of drug-likeness (QED) is 0.891. The van der Waals surface area contributed by atoms with Crippen LogP contribution in [0, 0.1) is 5.82 Å². The predicted octanol–water partition coefficient (Wildman–Crippen LogP) is 2.50. The molecule has 2 heterocycles. The molecule has 1 aromatic heterocycles. The van der Waals surface area contributed by atoms with Crippen LogP contribution < -0.4 is 5.32 Å². The van der Waals surface area contributed by atoms with E-state index < -0.39 is 6.04 Å². The number of hydrogen-bond donors (Lipinski definition) is 1. The van der Waals surface area contributed by atoms with Gasteiger partial charge in [0.15, 0.2) is 0 Å². The van der Waals surface area contributed by atoms with Gasteiger partial charge < -0.3 is 10.2 Å². The van der Waals surface area contributed by atoms with E-state index in [2.05, 4.69) is 10.3 Å². The van der Waals surface area contributed by atoms with E-state index in [1.54, 1.807) is 42.4 Å². The number of hydrogen-bond acceptors (Lipinski definition) is 4. The zero-order valence-electron chi connectivity index (χ0n) is 13.7. The Hall–Kier alpha value is -2.41. The van der Waals surface area contributed by atoms with E-state index in [1.807, 2.05) is 6.07 Å². The number of amides is 2. The largest absolute Gasteiger partial charge is 0.350 e. The summed E-state index contributed by atoms with van der Waals surface area (Å²) in [6, 6.07) is 9.09. The number of pyridine rings is 1. The van der Waals surface area contributed by atoms with Gasteiger partial charge in [-0.1, -0.05) is 18.2 Å². The van der Waals surface area contributed by atoms with E-state index in [0.717, 1.165) is 11.1 Å². The molecule has 5 nitrogen and oxygen atoms in total. The molecule has 0 bridgehead atoms. The first kappa shape index (κ1) is 17.4. The Bertz CT molecular complexity index is 755. The van der Waals surface area contributed by atoms with Gasteiger partial charge in [-0.25, -0.2) is 4.39 Å². The molecule has 1 aliphatic rings. The highest BCUT2D eigenvalue weighted by Gasteiger charge is 2.38. The van der Waals surface area contributed by atoms with Gasteiger partial charge in [-0.05, 0) is 36.2 Å². The SMILES string of the molecule is CC(C(=O)NCc1cccnc1)N1C(=O)CSC1c1ccc(F)cc1. The molecule has 1 saturated heterocycles. The third kappa shape index (κ3) is 3.99. The van der Waals surface area contributed by atoms with Crippen molar-refractivity contribution in [3.63, 3.8) is 0 Å². The Morgan fingerprint density at radius 3 is 2.84 bits per heavy atom. The van der Waals surface area contributed by atoms with Crippen LogP contribution in [0.3, 0.4) is 0 Å². The molecule has 1 N–H and O–H groups in total. The van der Waals surface area contributed by atoms with Crippen molar-refractivity contribution in [2.45, 2.75) is 24.9 Å². The number of halogens is 1. The lowest BCUT2D eigenvalue weighted by atomic mass is 10.1. The lowest BCUT2D eigenvalue weighted by molar-refractivity contribution is -0.137. The first-order chi connectivity index (χ1) is 12.1. The third-order valence-electron chi connectivity index (χ3n) is 4.05. The molecule has 3 rings (SSSR count). The summed E-state index contributed by atoms with van der Waals surface area (Å²) in [7, 11) is 0. The van der Waals surface area contributed by atoms with Crippen LogP contribution in [-0.2, 0) is 16.1 Å². The van der Waals surface area contributed by atoms with Crippen molar-refractivity contribution in [2.75, 3.05) is 5.75 Å². The highest BCUT2D eigenvalue weighted by atomic mass is 32.2. The van der Waals surface area contributed by atoms with Gasteiger partial charge in [0, 0.05) is 18.9 Å². The maximum Gasteiger partial charge on any atom is 0.242 e. The smallest absolute Gasteiger partial charge is 0.242 e. The van der Waals surface area contributed by atoms with Crippen molar-refractivity contribution in [1.29, 1.82) is 0 Å². The number of thioether (sulfide) groups is 1. The molecule has 25 heavy (non-hydrogen) atoms. The fourth-order valence-electron chi connectivity index (χ4n) is 2.71. The summed E-state index contributed by atoms with van der Waals surface area (Å²) in [6.07, 6.45) is 3.35. The van der Waals surface area contributed by atoms with E-state index in [0.29, 0.717) is 12.3 Å². The molecule has 1 fully saturated rings. The molecule has 0 radical (unpaired) electrons. The van der Waals surface area contributed by atoms with Crippen molar-refractivity contribution in [2.24, 2.45) is 0 Å². The maximum atomic E-state index is 13.1. The Morgan fingerprint density at radius 1 is 1.40 bits per heavy atom. The Labute approximate surface area is 149 Å². The highest BCUT2D eigenvalue weighted by Crippen LogP contribution is 2.39. The molecule has 0 spiro atoms. The molecule has 2 amide bonds. The van der Waals surface area contributed by atoms with Crippen LogP contribution in [0.15, 0.2) is 48.8 Å². The van der Waals surface area contributed by atoms with Crippen molar-refractivity contribution < 1.29 is 14.0 Å². The van der Waals surface area contributed by atoms with Crippen molar-refractivity contribution in [3.05, 3.63) is 65.7 Å². The molecule has 2 aromatic rings. The van der Waals surface area contributed by atoms with Crippen LogP contribution in [0.2, 0.25) is 0 Å². The molecular weight excluding hydrogens is 341 g/mol. The van der Waals surface area contributed by atoms with Gasteiger partial charge in [0.25, 0.3) is 0 Å². The number of carbonyl (C=O) groups excluding carboxylic acids is 2. The monoisotopic (exact) mass is 359 g/mol. The Balaban J connectivity index is 1.69. The summed E-state index contributed by atoms with van der Waals surface area (Å²) >= 11 is 1.44. The van der Waals surface area contributed by atoms with Gasteiger partial charge in [0.1, 0.15) is 17.2 Å². The third-order valence-corrected chi connectivity index (χ3v) is 5.28. The molecule has 1 aliphatic heterocycles. The lowest BCUT2D eigenvalue weighted by Gasteiger charge is -2.29. The van der Waals surface area contributed by atoms with Gasteiger partial charge in [-0.3, -0.25) is 14.6 Å². The van der Waals surface area contributed by atoms with Gasteiger partial charge >= 0.3 is 0 Å². The lowest BCUT2D eigenvalue weighted by Crippen LogP contribution is -2.46. The van der Waals surface area contributed by atoms with Crippen LogP contribution in [0.25, 0.3) is 0 Å². The average Bonchev–Trinajstić information content (AvgIpc) is 3.02. The topological polar surface area (TPSA) is 62.3 Å². The number of carbonyl (C=O) groups is 2. The predicted molar refractivity (Wildman–Crippen MR) is 94.0 cm³/mol. The molecule has 2 atom stereocenters. The number of aromatic nitrogens is 1. The fraction of sp³-hybridized carbons (Fsp3) is 0.278. The number of nitrogens with zero attached hydrogens (tertiary/aromatic N) is 2. The summed E-state index contributed by atoms with van der Waals surface area (Å²) in [5, 5.41) is 2.55. The summed E-state index contributed by atoms with van der Waals surface area (Å²) in [5.74, 6) is -0.343. The molecular formula is C18H18FN3O2S. The van der Waals surface area contributed by atoms with Gasteiger partial charge in [0.2, 0.25) is 11.8 Å². The van der Waals surface area contributed by atoms with Gasteiger partial charge in [0.05, 0.1) is 5.75 Å². The van der Waals surface area contributed by atoms with Crippen LogP contribution >= 0.6 is 11.8 Å². The number of benzene rings is 1. The summed E-state index contributed by atoms with van der Waals surface area (Å²) in [6.45, 7) is 2.06. The number of nitrogens with one attached hydrogen (secondary N) is 1. The van der Waals surface area contributed by atoms with Crippen molar-refractivity contribution >= 4 is 23.6 Å². The minimum atomic E-state index is -0.616. The second-order valence-corrected chi connectivity index (χ2v) is 6.84. The van der Waals surface area contributed by atoms with Crippen LogP contribution in [0.4, 0.5) is 4.39 Å². The summed E-state index contributed by atoms with van der Waals surface area (Å²) < 4.78 is 13.1. The van der Waals surface area contributed by atoms with E-state index in [4.69, 9.17) is 0 Å². The first-order valence-electron chi connectivity index (χ1n) is 7.91. The molecule has 2 unspecified atom stereocenters. The minimum absolute atomic E-state index is 0.0941. The average molecular weight is 359 g/mol. The van der Waals surface area contributed by atoms with Crippen LogP contribution in [0.1, 0.15) is 23.4 Å². The van der Waals surface area contributed by atoms with Gasteiger partial charge in [-0.2, -0.15) is 0 Å². The van der Waals surface area contributed by atoms with E-state index in [-0.39, 0.29) is 23.0 Å². The maximum absolute atomic E-state index is 13.1. The second-order valence-electron chi connectivity index (χ2n) is 5.77. The normalized spacial score (nSPS) is 18.2. The van der Waals surface area contributed by atoms with Crippen molar-refractivity contribution in [3.8, 4) is 0 Å². The Morgan fingerprint density at radius 2 is 2.16 bits per heavy atom. The van der Waals surface area contributed by atoms with E-state index in [1.165, 1.54) is 23.9 Å². The van der Waals surface area contributed by atoms with Crippen LogP contribution in [-0.4, -0.2) is 33.5 Å². The highest BCUT2D eigenvalue weighted by molar-refractivity contribution is 8.00. The first-order valence-corrected chi connectivity index (χ1v) is 8.96. The zero-order valence-corrected chi connectivity index (χ0v) is 14.5. The molecule has 1 aromatic carbocycles. The molecule has 7 heteroatoms. The van der Waals surface area contributed by atoms with E-state index in [9.17, 15) is 14.0 Å². The van der Waals surface area contributed by atoms with E-state index >= 15 is 0 Å². The van der Waals surface area contributed by atoms with Crippen molar-refractivity contribution in [1.82, 2.24) is 15.2 Å². The summed E-state index contributed by atoms with van der Waals surface area (Å²) in [4.78, 5) is 30.3. The molecule has 130 valence electrons. The molecule has 0 saturated carbocycles.